The van der Waals surface area contributed by atoms with Gasteiger partial charge in [0.1, 0.15) is 0 Å². The lowest BCUT2D eigenvalue weighted by atomic mass is 9.92. The topological polar surface area (TPSA) is 113 Å². The maximum Gasteiger partial charge on any atom is 0.250 e. The summed E-state index contributed by atoms with van der Waals surface area (Å²) < 4.78 is 26.7. The van der Waals surface area contributed by atoms with Crippen LogP contribution in [0.5, 0.6) is 0 Å². The average molecular weight is 518 g/mol. The van der Waals surface area contributed by atoms with Crippen LogP contribution in [0.2, 0.25) is 0 Å². The van der Waals surface area contributed by atoms with Crippen LogP contribution in [0.3, 0.4) is 0 Å². The molecule has 11 heteroatoms. The molecule has 4 aliphatic rings. The number of aromatic nitrogens is 4. The molecule has 0 N–H and O–H groups in total. The number of carbonyl (C=O) groups is 1. The number of dihydropyridines is 1. The number of hydrogen-bond donors (Lipinski definition) is 0. The number of rotatable bonds is 5. The van der Waals surface area contributed by atoms with Gasteiger partial charge in [0, 0.05) is 50.8 Å². The first-order chi connectivity index (χ1) is 17.8. The van der Waals surface area contributed by atoms with Gasteiger partial charge in [0.15, 0.2) is 11.5 Å². The van der Waals surface area contributed by atoms with Gasteiger partial charge in [-0.15, -0.1) is 10.2 Å². The van der Waals surface area contributed by atoms with Gasteiger partial charge >= 0.3 is 0 Å². The number of fused-ring (bicyclic) bond motifs is 2. The Balaban J connectivity index is 1.14. The van der Waals surface area contributed by atoms with E-state index in [-0.39, 0.29) is 11.9 Å². The molecule has 37 heavy (non-hydrogen) atoms. The number of allylic oxidation sites excluding steroid dienone is 6. The van der Waals surface area contributed by atoms with Gasteiger partial charge in [0.2, 0.25) is 15.9 Å². The third kappa shape index (κ3) is 4.72. The first-order valence-corrected chi connectivity index (χ1v) is 14.2. The van der Waals surface area contributed by atoms with Crippen LogP contribution in [0, 0.1) is 0 Å². The number of carbonyl (C=O) groups excluding carboxylic acids is 1. The van der Waals surface area contributed by atoms with Gasteiger partial charge in [0.05, 0.1) is 18.0 Å². The summed E-state index contributed by atoms with van der Waals surface area (Å²) >= 11 is 0. The van der Waals surface area contributed by atoms with Crippen LogP contribution in [-0.4, -0.2) is 88.0 Å². The fourth-order valence-corrected chi connectivity index (χ4v) is 5.90. The number of nitrogens with zero attached hydrogens (tertiary/aromatic N) is 7. The van der Waals surface area contributed by atoms with Crippen LogP contribution in [0.4, 0.5) is 0 Å². The minimum atomic E-state index is -3.24. The van der Waals surface area contributed by atoms with E-state index in [0.29, 0.717) is 50.2 Å². The van der Waals surface area contributed by atoms with Crippen molar-refractivity contribution in [1.29, 1.82) is 0 Å². The van der Waals surface area contributed by atoms with E-state index in [0.717, 1.165) is 23.5 Å². The van der Waals surface area contributed by atoms with Gasteiger partial charge in [-0.2, -0.15) is 13.9 Å². The molecule has 0 radical (unpaired) electrons. The Kier molecular flexibility index (Phi) is 5.96. The van der Waals surface area contributed by atoms with Gasteiger partial charge < -0.3 is 4.90 Å². The smallest absolute Gasteiger partial charge is 0.250 e. The molecule has 2 aliphatic heterocycles. The highest BCUT2D eigenvalue weighted by Crippen LogP contribution is 2.29. The molecule has 2 aliphatic carbocycles. The van der Waals surface area contributed by atoms with Crippen molar-refractivity contribution in [1.82, 2.24) is 29.0 Å². The Morgan fingerprint density at radius 1 is 1.11 bits per heavy atom. The maximum atomic E-state index is 13.1. The summed E-state index contributed by atoms with van der Waals surface area (Å²) in [6.45, 7) is 1.43. The Labute approximate surface area is 215 Å². The number of hydrogen-bond acceptors (Lipinski definition) is 7. The third-order valence-electron chi connectivity index (χ3n) is 7.14. The highest BCUT2D eigenvalue weighted by atomic mass is 32.2. The number of aliphatic imine (C=N–C) groups is 1. The molecule has 10 nitrogen and oxygen atoms in total. The molecule has 1 amide bonds. The number of amides is 1. The van der Waals surface area contributed by atoms with Crippen LogP contribution in [0.15, 0.2) is 70.3 Å². The van der Waals surface area contributed by atoms with E-state index in [1.54, 1.807) is 9.42 Å². The molecular weight excluding hydrogens is 490 g/mol. The van der Waals surface area contributed by atoms with Crippen molar-refractivity contribution in [2.45, 2.75) is 25.3 Å². The highest BCUT2D eigenvalue weighted by molar-refractivity contribution is 7.88. The van der Waals surface area contributed by atoms with E-state index < -0.39 is 10.0 Å². The van der Waals surface area contributed by atoms with Gasteiger partial charge in [0.25, 0.3) is 0 Å². The van der Waals surface area contributed by atoms with E-state index in [4.69, 9.17) is 5.10 Å². The standard InChI is InChI=1S/C26H27N7O3S/c1-37(35,36)32-13-11-31(12-14-32)26(34)21-6-5-20(17-21)23-8-9-24-28-29-25(33(24)30-23)16-18-4-7-22-19(15-18)3-2-10-27-22/h2-6,8-10,15,22H,7,11-14,16-17H2,1H3. The molecule has 0 saturated carbocycles. The molecule has 190 valence electrons. The Morgan fingerprint density at radius 2 is 1.95 bits per heavy atom. The summed E-state index contributed by atoms with van der Waals surface area (Å²) in [7, 11) is -3.24. The SMILES string of the molecule is CS(=O)(=O)N1CCN(C(=O)C2=CC=C(c3ccc4nnc(CC5=CCC6N=CC=CC6=C5)n4n3)C2)CC1. The fraction of sp³-hybridized carbons (Fsp3) is 0.346. The molecule has 1 fully saturated rings. The van der Waals surface area contributed by atoms with Crippen molar-refractivity contribution >= 4 is 33.4 Å². The normalized spacial score (nSPS) is 22.0. The molecule has 1 atom stereocenters. The number of piperazine rings is 1. The van der Waals surface area contributed by atoms with Crippen molar-refractivity contribution in [3.05, 3.63) is 76.8 Å². The summed E-state index contributed by atoms with van der Waals surface area (Å²) in [4.78, 5) is 19.3. The summed E-state index contributed by atoms with van der Waals surface area (Å²) in [5.41, 5.74) is 5.46. The van der Waals surface area contributed by atoms with Crippen LogP contribution in [-0.2, 0) is 21.2 Å². The highest BCUT2D eigenvalue weighted by Gasteiger charge is 2.29. The summed E-state index contributed by atoms with van der Waals surface area (Å²) in [6.07, 6.45) is 17.2. The summed E-state index contributed by atoms with van der Waals surface area (Å²) in [5, 5.41) is 13.5. The van der Waals surface area contributed by atoms with E-state index >= 15 is 0 Å². The van der Waals surface area contributed by atoms with Gasteiger partial charge in [-0.25, -0.2) is 8.42 Å². The lowest BCUT2D eigenvalue weighted by molar-refractivity contribution is -0.128. The maximum absolute atomic E-state index is 13.1. The van der Waals surface area contributed by atoms with Crippen LogP contribution < -0.4 is 0 Å². The van der Waals surface area contributed by atoms with Crippen LogP contribution in [0.25, 0.3) is 11.2 Å². The van der Waals surface area contributed by atoms with Crippen molar-refractivity contribution in [3.8, 4) is 0 Å². The first kappa shape index (κ1) is 23.7. The van der Waals surface area contributed by atoms with Crippen LogP contribution in [0.1, 0.15) is 24.4 Å². The minimum Gasteiger partial charge on any atom is -0.336 e. The predicted molar refractivity (Wildman–Crippen MR) is 140 cm³/mol. The molecule has 2 aromatic heterocycles. The van der Waals surface area contributed by atoms with E-state index in [1.807, 2.05) is 36.6 Å². The quantitative estimate of drug-likeness (QED) is 0.597. The summed E-state index contributed by atoms with van der Waals surface area (Å²) in [5.74, 6) is 0.704. The fourth-order valence-electron chi connectivity index (χ4n) is 5.08. The lowest BCUT2D eigenvalue weighted by Gasteiger charge is -2.33. The molecule has 1 saturated heterocycles. The number of sulfonamides is 1. The second kappa shape index (κ2) is 9.31. The van der Waals surface area contributed by atoms with Crippen molar-refractivity contribution in [3.63, 3.8) is 0 Å². The van der Waals surface area contributed by atoms with Crippen molar-refractivity contribution < 1.29 is 13.2 Å². The minimum absolute atomic E-state index is 0.0536. The largest absolute Gasteiger partial charge is 0.336 e. The van der Waals surface area contributed by atoms with Gasteiger partial charge in [-0.3, -0.25) is 9.79 Å². The van der Waals surface area contributed by atoms with Crippen molar-refractivity contribution in [2.24, 2.45) is 4.99 Å². The third-order valence-corrected chi connectivity index (χ3v) is 8.44. The molecule has 6 rings (SSSR count). The van der Waals surface area contributed by atoms with E-state index in [2.05, 4.69) is 33.4 Å². The van der Waals surface area contributed by atoms with E-state index in [1.165, 1.54) is 21.7 Å². The molecule has 0 bridgehead atoms. The first-order valence-electron chi connectivity index (χ1n) is 12.3. The second-order valence-corrected chi connectivity index (χ2v) is 11.6. The average Bonchev–Trinajstić information content (AvgIpc) is 3.55. The molecule has 4 heterocycles. The zero-order valence-corrected chi connectivity index (χ0v) is 21.3. The lowest BCUT2D eigenvalue weighted by Crippen LogP contribution is -2.50. The molecular formula is C26H27N7O3S. The monoisotopic (exact) mass is 517 g/mol. The van der Waals surface area contributed by atoms with Crippen LogP contribution >= 0.6 is 0 Å². The zero-order valence-electron chi connectivity index (χ0n) is 20.5. The molecule has 2 aromatic rings. The second-order valence-electron chi connectivity index (χ2n) is 9.63. The Hall–Kier alpha value is -3.70. The predicted octanol–water partition coefficient (Wildman–Crippen LogP) is 1.75. The van der Waals surface area contributed by atoms with E-state index in [9.17, 15) is 13.2 Å². The molecule has 0 spiro atoms. The Bertz CT molecular complexity index is 1570. The van der Waals surface area contributed by atoms with Crippen molar-refractivity contribution in [2.75, 3.05) is 32.4 Å². The molecule has 0 aromatic carbocycles. The Morgan fingerprint density at radius 3 is 2.76 bits per heavy atom. The molecule has 1 unspecified atom stereocenters. The summed E-state index contributed by atoms with van der Waals surface area (Å²) in [6, 6.07) is 4.01. The zero-order chi connectivity index (χ0) is 25.6. The van der Waals surface area contributed by atoms with Gasteiger partial charge in [-0.1, -0.05) is 30.4 Å². The van der Waals surface area contributed by atoms with Gasteiger partial charge in [-0.05, 0) is 41.3 Å².